The van der Waals surface area contributed by atoms with Crippen molar-refractivity contribution in [3.05, 3.63) is 23.3 Å². The number of carbonyl (C=O) groups is 4. The highest BCUT2D eigenvalue weighted by molar-refractivity contribution is 6.15. The van der Waals surface area contributed by atoms with E-state index >= 15 is 0 Å². The number of esters is 2. The van der Waals surface area contributed by atoms with Crippen molar-refractivity contribution in [1.82, 2.24) is 0 Å². The first-order chi connectivity index (χ1) is 18.5. The van der Waals surface area contributed by atoms with E-state index in [2.05, 4.69) is 27.7 Å². The molecule has 0 aromatic rings. The van der Waals surface area contributed by atoms with Crippen LogP contribution >= 0.6 is 0 Å². The van der Waals surface area contributed by atoms with Gasteiger partial charge in [0.2, 0.25) is 0 Å². The summed E-state index contributed by atoms with van der Waals surface area (Å²) >= 11 is 0. The summed E-state index contributed by atoms with van der Waals surface area (Å²) in [4.78, 5) is 54.6. The second-order valence-corrected chi connectivity index (χ2v) is 14.9. The Morgan fingerprint density at radius 2 is 1.55 bits per heavy atom. The van der Waals surface area contributed by atoms with Crippen molar-refractivity contribution in [2.24, 2.45) is 50.2 Å². The fourth-order valence-electron chi connectivity index (χ4n) is 10.3. The van der Waals surface area contributed by atoms with Gasteiger partial charge >= 0.3 is 11.9 Å². The van der Waals surface area contributed by atoms with E-state index in [0.29, 0.717) is 25.7 Å². The Hall–Kier alpha value is -2.75. The molecule has 3 unspecified atom stereocenters. The second kappa shape index (κ2) is 8.63. The molecule has 7 nitrogen and oxygen atoms in total. The minimum Gasteiger partial charge on any atom is -0.469 e. The molecule has 0 spiro atoms. The Kier molecular flexibility index (Phi) is 6.21. The number of rotatable bonds is 2. The lowest BCUT2D eigenvalue weighted by Crippen LogP contribution is -2.66. The van der Waals surface area contributed by atoms with Crippen molar-refractivity contribution in [2.45, 2.75) is 86.5 Å². The van der Waals surface area contributed by atoms with Crippen LogP contribution in [0.1, 0.15) is 86.5 Å². The van der Waals surface area contributed by atoms with Crippen LogP contribution in [-0.2, 0) is 28.7 Å². The number of hydrogen-bond acceptors (Lipinski definition) is 7. The van der Waals surface area contributed by atoms with Gasteiger partial charge in [-0.25, -0.2) is 0 Å². The largest absolute Gasteiger partial charge is 0.469 e. The Bertz CT molecular complexity index is 1320. The highest BCUT2D eigenvalue weighted by atomic mass is 16.5. The zero-order valence-corrected chi connectivity index (χ0v) is 25.2. The molecule has 5 aliphatic rings. The molecule has 0 N–H and O–H groups in total. The van der Waals surface area contributed by atoms with Crippen LogP contribution in [0.25, 0.3) is 0 Å². The summed E-state index contributed by atoms with van der Waals surface area (Å²) < 4.78 is 10.5. The summed E-state index contributed by atoms with van der Waals surface area (Å²) in [6.45, 7) is 12.5. The predicted molar refractivity (Wildman–Crippen MR) is 147 cm³/mol. The Morgan fingerprint density at radius 1 is 0.925 bits per heavy atom. The van der Waals surface area contributed by atoms with Gasteiger partial charge in [0.05, 0.1) is 25.2 Å². The van der Waals surface area contributed by atoms with E-state index in [1.54, 1.807) is 19.1 Å². The van der Waals surface area contributed by atoms with E-state index in [-0.39, 0.29) is 34.6 Å². The van der Waals surface area contributed by atoms with E-state index in [1.807, 2.05) is 13.0 Å². The molecule has 5 rings (SSSR count). The van der Waals surface area contributed by atoms with Crippen molar-refractivity contribution < 1.29 is 28.7 Å². The number of carbonyl (C=O) groups excluding carboxylic acids is 4. The molecule has 0 heterocycles. The second-order valence-electron chi connectivity index (χ2n) is 14.9. The zero-order valence-electron chi connectivity index (χ0n) is 25.2. The SMILES string of the molecule is COC(=O)[C@]12CCC(C)(C)CC1C1C(=O)C=C3[C@@]4(C)C=C(C#N)C(=O)[C@@](C)(C(=O)OC)C4CC[C@@]3(C)[C@]1(C)CC2. The van der Waals surface area contributed by atoms with Crippen molar-refractivity contribution in [3.63, 3.8) is 0 Å². The molecule has 0 aromatic heterocycles. The van der Waals surface area contributed by atoms with Gasteiger partial charge < -0.3 is 9.47 Å². The Labute approximate surface area is 237 Å². The molecule has 0 radical (unpaired) electrons. The fourth-order valence-corrected chi connectivity index (χ4v) is 10.3. The van der Waals surface area contributed by atoms with Crippen LogP contribution in [0.5, 0.6) is 0 Å². The molecule has 0 aromatic carbocycles. The topological polar surface area (TPSA) is 111 Å². The smallest absolute Gasteiger partial charge is 0.319 e. The van der Waals surface area contributed by atoms with Gasteiger partial charge in [0, 0.05) is 11.3 Å². The molecule has 0 amide bonds. The lowest BCUT2D eigenvalue weighted by molar-refractivity contribution is -0.191. The van der Waals surface area contributed by atoms with Gasteiger partial charge in [-0.2, -0.15) is 5.26 Å². The van der Waals surface area contributed by atoms with Crippen molar-refractivity contribution in [1.29, 1.82) is 5.26 Å². The first-order valence-corrected chi connectivity index (χ1v) is 14.6. The number of nitrogens with zero attached hydrogens (tertiary/aromatic N) is 1. The number of methoxy groups -OCH3 is 2. The number of hydrogen-bond donors (Lipinski definition) is 0. The molecule has 3 fully saturated rings. The van der Waals surface area contributed by atoms with Gasteiger partial charge in [0.15, 0.2) is 11.6 Å². The maximum absolute atomic E-state index is 14.5. The molecule has 40 heavy (non-hydrogen) atoms. The Balaban J connectivity index is 1.72. The molecule has 3 saturated carbocycles. The average Bonchev–Trinajstić information content (AvgIpc) is 2.90. The average molecular weight is 550 g/mol. The summed E-state index contributed by atoms with van der Waals surface area (Å²) in [7, 11) is 2.72. The number of allylic oxidation sites excluding steroid dienone is 4. The molecule has 8 atom stereocenters. The summed E-state index contributed by atoms with van der Waals surface area (Å²) in [5.74, 6) is -2.26. The van der Waals surface area contributed by atoms with Crippen LogP contribution in [0.2, 0.25) is 0 Å². The van der Waals surface area contributed by atoms with E-state index in [1.165, 1.54) is 14.2 Å². The van der Waals surface area contributed by atoms with Crippen molar-refractivity contribution in [3.8, 4) is 6.07 Å². The molecule has 0 bridgehead atoms. The monoisotopic (exact) mass is 549 g/mol. The molecule has 0 saturated heterocycles. The number of ketones is 2. The fraction of sp³-hybridized carbons (Fsp3) is 0.727. The predicted octanol–water partition coefficient (Wildman–Crippen LogP) is 5.53. The van der Waals surface area contributed by atoms with Crippen LogP contribution in [0.4, 0.5) is 0 Å². The number of ether oxygens (including phenoxy) is 2. The molecular weight excluding hydrogens is 506 g/mol. The van der Waals surface area contributed by atoms with Crippen LogP contribution < -0.4 is 0 Å². The third kappa shape index (κ3) is 3.28. The maximum atomic E-state index is 14.5. The third-order valence-corrected chi connectivity index (χ3v) is 12.8. The molecule has 7 heteroatoms. The lowest BCUT2D eigenvalue weighted by atomic mass is 9.34. The number of Topliss-reactive ketones (excluding diaryl/α,β-unsaturated/α-hetero) is 1. The van der Waals surface area contributed by atoms with E-state index < -0.39 is 44.7 Å². The van der Waals surface area contributed by atoms with Crippen molar-refractivity contribution in [2.75, 3.05) is 14.2 Å². The van der Waals surface area contributed by atoms with Gasteiger partial charge in [-0.1, -0.05) is 46.3 Å². The normalized spacial score (nSPS) is 45.3. The summed E-state index contributed by atoms with van der Waals surface area (Å²) in [5, 5.41) is 9.96. The lowest BCUT2D eigenvalue weighted by Gasteiger charge is -2.68. The maximum Gasteiger partial charge on any atom is 0.319 e. The van der Waals surface area contributed by atoms with Crippen LogP contribution in [-0.4, -0.2) is 37.7 Å². The first-order valence-electron chi connectivity index (χ1n) is 14.6. The van der Waals surface area contributed by atoms with Crippen LogP contribution in [0.3, 0.4) is 0 Å². The third-order valence-electron chi connectivity index (χ3n) is 12.8. The molecule has 0 aliphatic heterocycles. The van der Waals surface area contributed by atoms with E-state index in [9.17, 15) is 24.4 Å². The van der Waals surface area contributed by atoms with Gasteiger partial charge in [-0.15, -0.1) is 0 Å². The van der Waals surface area contributed by atoms with Crippen LogP contribution in [0.15, 0.2) is 23.3 Å². The first kappa shape index (κ1) is 28.8. The highest BCUT2D eigenvalue weighted by Crippen LogP contribution is 2.74. The zero-order chi connectivity index (χ0) is 29.7. The quantitative estimate of drug-likeness (QED) is 0.329. The summed E-state index contributed by atoms with van der Waals surface area (Å²) in [6, 6.07) is 2.04. The van der Waals surface area contributed by atoms with Gasteiger partial charge in [0.1, 0.15) is 11.5 Å². The van der Waals surface area contributed by atoms with Gasteiger partial charge in [-0.3, -0.25) is 19.2 Å². The molecule has 216 valence electrons. The van der Waals surface area contributed by atoms with Gasteiger partial charge in [-0.05, 0) is 86.0 Å². The summed E-state index contributed by atoms with van der Waals surface area (Å²) in [5.41, 5.74) is -3.08. The van der Waals surface area contributed by atoms with Crippen molar-refractivity contribution >= 4 is 23.5 Å². The van der Waals surface area contributed by atoms with E-state index in [0.717, 1.165) is 24.8 Å². The molecular formula is C33H43NO6. The number of fused-ring (bicyclic) bond motifs is 7. The standard InChI is InChI=1S/C33H43NO6/c1-28(2)11-13-33(27(38)40-8)14-12-31(5)24(20(33)17-28)21(35)15-23-29(3)16-19(18-34)25(36)32(6,26(37)39-7)22(29)9-10-30(23,31)4/h15-16,20,22,24H,9-14,17H2,1-8H3/t20?,22?,24?,29-,30+,31+,32-,33-/m0/s1. The highest BCUT2D eigenvalue weighted by Gasteiger charge is 2.72. The molecule has 5 aliphatic carbocycles. The minimum atomic E-state index is -1.52. The van der Waals surface area contributed by atoms with Gasteiger partial charge in [0.25, 0.3) is 0 Å². The minimum absolute atomic E-state index is 0.00570. The van der Waals surface area contributed by atoms with E-state index in [4.69, 9.17) is 9.47 Å². The number of nitriles is 1. The van der Waals surface area contributed by atoms with Crippen LogP contribution in [0, 0.1) is 61.6 Å². The summed E-state index contributed by atoms with van der Waals surface area (Å²) in [6.07, 6.45) is 8.53. The Morgan fingerprint density at radius 3 is 2.15 bits per heavy atom.